The number of anilines is 1. The molecule has 0 radical (unpaired) electrons. The van der Waals surface area contributed by atoms with Gasteiger partial charge in [0.25, 0.3) is 10.0 Å². The van der Waals surface area contributed by atoms with E-state index in [0.717, 1.165) is 20.3 Å². The van der Waals surface area contributed by atoms with Crippen LogP contribution in [0, 0.1) is 6.92 Å². The molecule has 1 unspecified atom stereocenters. The Morgan fingerprint density at radius 3 is 2.16 bits per heavy atom. The van der Waals surface area contributed by atoms with Crippen LogP contribution in [0.25, 0.3) is 0 Å². The summed E-state index contributed by atoms with van der Waals surface area (Å²) in [5.74, 6) is -0.194. The zero-order valence-electron chi connectivity index (χ0n) is 26.1. The monoisotopic (exact) mass is 625 g/mol. The first kappa shape index (κ1) is 34.0. The molecule has 1 atom stereocenters. The van der Waals surface area contributed by atoms with Crippen LogP contribution in [0.3, 0.4) is 0 Å². The standard InChI is InChI=1S/C33H43N3O5S2/c1-8-30(32(38)34-33(4,5)6)35(22-25-12-10-11-24(3)21-25)31(37)23-36(26-13-15-27(16-14-26)41-9-2)43(39,40)29-19-17-28(42-7)18-20-29/h10-21,30H,8-9,22-23H2,1-7H3,(H,34,38). The maximum Gasteiger partial charge on any atom is 0.264 e. The summed E-state index contributed by atoms with van der Waals surface area (Å²) < 4.78 is 34.9. The van der Waals surface area contributed by atoms with Crippen molar-refractivity contribution in [2.75, 3.05) is 23.7 Å². The molecular weight excluding hydrogens is 583 g/mol. The highest BCUT2D eigenvalue weighted by Gasteiger charge is 2.34. The number of hydrogen-bond acceptors (Lipinski definition) is 6. The first-order chi connectivity index (χ1) is 20.3. The first-order valence-corrected chi connectivity index (χ1v) is 17.0. The molecule has 0 aliphatic rings. The SMILES string of the molecule is CCOc1ccc(N(CC(=O)N(Cc2cccc(C)c2)C(CC)C(=O)NC(C)(C)C)S(=O)(=O)c2ccc(SC)cc2)cc1. The number of benzene rings is 3. The van der Waals surface area contributed by atoms with Crippen LogP contribution in [-0.2, 0) is 26.2 Å². The molecule has 43 heavy (non-hydrogen) atoms. The molecule has 2 amide bonds. The average molecular weight is 626 g/mol. The number of carbonyl (C=O) groups is 2. The summed E-state index contributed by atoms with van der Waals surface area (Å²) in [6.45, 7) is 11.4. The number of thioether (sulfide) groups is 1. The second kappa shape index (κ2) is 14.8. The maximum absolute atomic E-state index is 14.2. The third-order valence-electron chi connectivity index (χ3n) is 6.68. The second-order valence-corrected chi connectivity index (χ2v) is 14.0. The lowest BCUT2D eigenvalue weighted by atomic mass is 10.0. The summed E-state index contributed by atoms with van der Waals surface area (Å²) in [5.41, 5.74) is 1.67. The van der Waals surface area contributed by atoms with E-state index in [0.29, 0.717) is 24.5 Å². The molecule has 0 fully saturated rings. The van der Waals surface area contributed by atoms with Crippen LogP contribution >= 0.6 is 11.8 Å². The smallest absolute Gasteiger partial charge is 0.264 e. The van der Waals surface area contributed by atoms with Gasteiger partial charge in [-0.2, -0.15) is 0 Å². The quantitative estimate of drug-likeness (QED) is 0.233. The molecule has 10 heteroatoms. The lowest BCUT2D eigenvalue weighted by Crippen LogP contribution is -2.55. The van der Waals surface area contributed by atoms with Gasteiger partial charge in [0, 0.05) is 17.0 Å². The lowest BCUT2D eigenvalue weighted by molar-refractivity contribution is -0.141. The summed E-state index contributed by atoms with van der Waals surface area (Å²) >= 11 is 1.51. The molecule has 0 bridgehead atoms. The topological polar surface area (TPSA) is 96.0 Å². The van der Waals surface area contributed by atoms with Gasteiger partial charge in [0.2, 0.25) is 11.8 Å². The molecule has 0 saturated heterocycles. The summed E-state index contributed by atoms with van der Waals surface area (Å²) in [6.07, 6.45) is 2.27. The normalized spacial score (nSPS) is 12.3. The average Bonchev–Trinajstić information content (AvgIpc) is 2.95. The number of rotatable bonds is 13. The number of aryl methyl sites for hydroxylation is 1. The van der Waals surface area contributed by atoms with Crippen molar-refractivity contribution in [3.8, 4) is 5.75 Å². The minimum atomic E-state index is -4.16. The van der Waals surface area contributed by atoms with Crippen molar-refractivity contribution in [3.05, 3.63) is 83.9 Å². The largest absolute Gasteiger partial charge is 0.494 e. The Morgan fingerprint density at radius 1 is 0.977 bits per heavy atom. The van der Waals surface area contributed by atoms with E-state index in [9.17, 15) is 18.0 Å². The zero-order chi connectivity index (χ0) is 31.8. The fourth-order valence-electron chi connectivity index (χ4n) is 4.66. The molecule has 3 aromatic rings. The van der Waals surface area contributed by atoms with Crippen molar-refractivity contribution < 1.29 is 22.7 Å². The number of carbonyl (C=O) groups excluding carboxylic acids is 2. The van der Waals surface area contributed by atoms with Gasteiger partial charge >= 0.3 is 0 Å². The van der Waals surface area contributed by atoms with Crippen molar-refractivity contribution in [1.82, 2.24) is 10.2 Å². The maximum atomic E-state index is 14.2. The Morgan fingerprint density at radius 2 is 1.63 bits per heavy atom. The van der Waals surface area contributed by atoms with E-state index in [1.807, 2.05) is 72.1 Å². The van der Waals surface area contributed by atoms with Gasteiger partial charge in [-0.05, 0) is 101 Å². The molecule has 3 aromatic carbocycles. The molecule has 0 aromatic heterocycles. The highest BCUT2D eigenvalue weighted by atomic mass is 32.2. The van der Waals surface area contributed by atoms with Crippen LogP contribution in [0.5, 0.6) is 5.75 Å². The highest BCUT2D eigenvalue weighted by molar-refractivity contribution is 7.98. The molecule has 0 aliphatic heterocycles. The zero-order valence-corrected chi connectivity index (χ0v) is 27.7. The highest BCUT2D eigenvalue weighted by Crippen LogP contribution is 2.28. The van der Waals surface area contributed by atoms with Crippen LogP contribution in [-0.4, -0.2) is 56.1 Å². The van der Waals surface area contributed by atoms with Crippen LogP contribution in [0.2, 0.25) is 0 Å². The molecular formula is C33H43N3O5S2. The van der Waals surface area contributed by atoms with Gasteiger partial charge in [-0.25, -0.2) is 8.42 Å². The van der Waals surface area contributed by atoms with Crippen LogP contribution < -0.4 is 14.4 Å². The Labute approximate surface area is 260 Å². The van der Waals surface area contributed by atoms with E-state index < -0.39 is 34.1 Å². The van der Waals surface area contributed by atoms with E-state index in [1.165, 1.54) is 16.7 Å². The van der Waals surface area contributed by atoms with E-state index in [-0.39, 0.29) is 17.3 Å². The minimum Gasteiger partial charge on any atom is -0.494 e. The van der Waals surface area contributed by atoms with Crippen molar-refractivity contribution in [2.24, 2.45) is 0 Å². The van der Waals surface area contributed by atoms with E-state index in [2.05, 4.69) is 5.32 Å². The van der Waals surface area contributed by atoms with Crippen molar-refractivity contribution in [3.63, 3.8) is 0 Å². The summed E-state index contributed by atoms with van der Waals surface area (Å²) in [5, 5.41) is 2.99. The number of sulfonamides is 1. The van der Waals surface area contributed by atoms with E-state index in [1.54, 1.807) is 48.5 Å². The van der Waals surface area contributed by atoms with Gasteiger partial charge in [-0.3, -0.25) is 13.9 Å². The summed E-state index contributed by atoms with van der Waals surface area (Å²) in [4.78, 5) is 30.2. The van der Waals surface area contributed by atoms with Gasteiger partial charge in [0.1, 0.15) is 18.3 Å². The third-order valence-corrected chi connectivity index (χ3v) is 9.21. The van der Waals surface area contributed by atoms with Crippen molar-refractivity contribution in [1.29, 1.82) is 0 Å². The van der Waals surface area contributed by atoms with Crippen LogP contribution in [0.4, 0.5) is 5.69 Å². The van der Waals surface area contributed by atoms with Gasteiger partial charge in [0.05, 0.1) is 17.2 Å². The molecule has 0 saturated carbocycles. The van der Waals surface area contributed by atoms with Gasteiger partial charge < -0.3 is 15.0 Å². The van der Waals surface area contributed by atoms with E-state index in [4.69, 9.17) is 4.74 Å². The Kier molecular flexibility index (Phi) is 11.7. The van der Waals surface area contributed by atoms with Crippen molar-refractivity contribution >= 4 is 39.3 Å². The van der Waals surface area contributed by atoms with Crippen LogP contribution in [0.1, 0.15) is 52.2 Å². The lowest BCUT2D eigenvalue weighted by Gasteiger charge is -2.35. The fourth-order valence-corrected chi connectivity index (χ4v) is 6.48. The number of hydrogen-bond donors (Lipinski definition) is 1. The van der Waals surface area contributed by atoms with Crippen LogP contribution in [0.15, 0.2) is 82.6 Å². The third kappa shape index (κ3) is 9.24. The minimum absolute atomic E-state index is 0.0646. The number of amides is 2. The second-order valence-electron chi connectivity index (χ2n) is 11.3. The number of nitrogens with zero attached hydrogens (tertiary/aromatic N) is 2. The first-order valence-electron chi connectivity index (χ1n) is 14.4. The molecule has 0 aliphatic carbocycles. The molecule has 8 nitrogen and oxygen atoms in total. The molecule has 0 spiro atoms. The summed E-state index contributed by atoms with van der Waals surface area (Å²) in [6, 6.07) is 20.1. The fraction of sp³-hybridized carbons (Fsp3) is 0.394. The number of nitrogens with one attached hydrogen (secondary N) is 1. The van der Waals surface area contributed by atoms with E-state index >= 15 is 0 Å². The molecule has 232 valence electrons. The number of ether oxygens (including phenoxy) is 1. The predicted molar refractivity (Wildman–Crippen MR) is 174 cm³/mol. The predicted octanol–water partition coefficient (Wildman–Crippen LogP) is 6.03. The van der Waals surface area contributed by atoms with Gasteiger partial charge in [-0.15, -0.1) is 11.8 Å². The Bertz CT molecular complexity index is 1480. The summed E-state index contributed by atoms with van der Waals surface area (Å²) in [7, 11) is -4.16. The molecule has 3 rings (SSSR count). The molecule has 1 N–H and O–H groups in total. The molecule has 0 heterocycles. The van der Waals surface area contributed by atoms with Gasteiger partial charge in [-0.1, -0.05) is 36.8 Å². The Balaban J connectivity index is 2.08. The van der Waals surface area contributed by atoms with Crippen molar-refractivity contribution in [2.45, 2.75) is 75.9 Å². The van der Waals surface area contributed by atoms with Gasteiger partial charge in [0.15, 0.2) is 0 Å². The Hall–Kier alpha value is -3.50.